The first kappa shape index (κ1) is 23.7. The van der Waals surface area contributed by atoms with Crippen LogP contribution in [0.15, 0.2) is 16.3 Å². The third-order valence-corrected chi connectivity index (χ3v) is 10.1. The maximum absolute atomic E-state index is 13.1. The SMILES string of the molecule is CCc1ccc(S(=O)(=O)N2C[C@H]3C[C@@H](N(C)C)[C@H](OCC4CC4)C[C@H]3C2)s1.O=CO. The molecule has 2 aliphatic carbocycles. The fraction of sp³-hybridized carbons (Fsp3) is 0.762. The molecule has 0 spiro atoms. The number of hydrogen-bond donors (Lipinski definition) is 1. The number of likely N-dealkylation sites (N-methyl/N-ethyl adjacent to an activating group) is 1. The van der Waals surface area contributed by atoms with Gasteiger partial charge in [0, 0.05) is 30.6 Å². The van der Waals surface area contributed by atoms with E-state index in [1.54, 1.807) is 10.4 Å². The molecule has 3 fully saturated rings. The van der Waals surface area contributed by atoms with Crippen molar-refractivity contribution in [3.63, 3.8) is 0 Å². The zero-order valence-corrected chi connectivity index (χ0v) is 19.7. The largest absolute Gasteiger partial charge is 0.483 e. The second-order valence-electron chi connectivity index (χ2n) is 8.84. The van der Waals surface area contributed by atoms with Gasteiger partial charge in [-0.1, -0.05) is 6.92 Å². The molecule has 4 atom stereocenters. The summed E-state index contributed by atoms with van der Waals surface area (Å²) in [5.41, 5.74) is 0. The number of hydrogen-bond acceptors (Lipinski definition) is 6. The quantitative estimate of drug-likeness (QED) is 0.632. The predicted molar refractivity (Wildman–Crippen MR) is 117 cm³/mol. The summed E-state index contributed by atoms with van der Waals surface area (Å²) in [6, 6.07) is 4.12. The fourth-order valence-electron chi connectivity index (χ4n) is 4.62. The van der Waals surface area contributed by atoms with E-state index >= 15 is 0 Å². The molecule has 0 aromatic carbocycles. The van der Waals surface area contributed by atoms with Crippen molar-refractivity contribution in [2.45, 2.75) is 55.4 Å². The molecule has 9 heteroatoms. The third-order valence-electron chi connectivity index (χ3n) is 6.54. The number of rotatable bonds is 7. The van der Waals surface area contributed by atoms with Crippen LogP contribution in [0.5, 0.6) is 0 Å². The van der Waals surface area contributed by atoms with Crippen LogP contribution in [0.3, 0.4) is 0 Å². The van der Waals surface area contributed by atoms with E-state index in [-0.39, 0.29) is 12.6 Å². The highest BCUT2D eigenvalue weighted by atomic mass is 32.2. The van der Waals surface area contributed by atoms with Crippen molar-refractivity contribution < 1.29 is 23.1 Å². The number of carboxylic acid groups (broad SMARTS) is 1. The minimum absolute atomic E-state index is 0.234. The predicted octanol–water partition coefficient (Wildman–Crippen LogP) is 2.77. The van der Waals surface area contributed by atoms with Crippen LogP contribution in [0.4, 0.5) is 0 Å². The van der Waals surface area contributed by atoms with Gasteiger partial charge in [-0.05, 0) is 76.1 Å². The Morgan fingerprint density at radius 1 is 1.23 bits per heavy atom. The molecule has 1 aromatic heterocycles. The summed E-state index contributed by atoms with van der Waals surface area (Å²) in [6.45, 7) is 4.00. The van der Waals surface area contributed by atoms with Gasteiger partial charge in [0.15, 0.2) is 0 Å². The van der Waals surface area contributed by atoms with Gasteiger partial charge in [0.05, 0.1) is 6.10 Å². The molecule has 4 rings (SSSR count). The molecule has 30 heavy (non-hydrogen) atoms. The highest BCUT2D eigenvalue weighted by molar-refractivity contribution is 7.91. The first-order valence-electron chi connectivity index (χ1n) is 10.7. The van der Waals surface area contributed by atoms with Gasteiger partial charge in [-0.2, -0.15) is 4.31 Å². The smallest absolute Gasteiger partial charge is 0.290 e. The van der Waals surface area contributed by atoms with Crippen molar-refractivity contribution >= 4 is 27.8 Å². The van der Waals surface area contributed by atoms with E-state index in [2.05, 4.69) is 25.9 Å². The topological polar surface area (TPSA) is 87.2 Å². The van der Waals surface area contributed by atoms with Crippen LogP contribution in [0.25, 0.3) is 0 Å². The molecule has 0 radical (unpaired) electrons. The van der Waals surface area contributed by atoms with E-state index in [1.807, 2.05) is 6.07 Å². The van der Waals surface area contributed by atoms with Gasteiger partial charge in [-0.3, -0.25) is 4.79 Å². The molecule has 1 aliphatic heterocycles. The van der Waals surface area contributed by atoms with Crippen molar-refractivity contribution in [3.05, 3.63) is 17.0 Å². The number of carbonyl (C=O) groups is 1. The van der Waals surface area contributed by atoms with Crippen molar-refractivity contribution in [1.82, 2.24) is 9.21 Å². The van der Waals surface area contributed by atoms with Crippen molar-refractivity contribution in [1.29, 1.82) is 0 Å². The molecule has 1 saturated heterocycles. The number of nitrogens with zero attached hydrogens (tertiary/aromatic N) is 2. The Labute approximate surface area is 184 Å². The number of ether oxygens (including phenoxy) is 1. The Bertz CT molecular complexity index is 806. The van der Waals surface area contributed by atoms with Crippen molar-refractivity contribution in [2.24, 2.45) is 17.8 Å². The first-order chi connectivity index (χ1) is 14.3. The van der Waals surface area contributed by atoms with E-state index in [9.17, 15) is 8.42 Å². The Hall–Kier alpha value is -1.00. The molecule has 7 nitrogen and oxygen atoms in total. The lowest BCUT2D eigenvalue weighted by molar-refractivity contribution is -0.122. The minimum Gasteiger partial charge on any atom is -0.483 e. The third kappa shape index (κ3) is 5.43. The van der Waals surface area contributed by atoms with E-state index in [0.29, 0.717) is 35.2 Å². The Kier molecular flexibility index (Phi) is 7.95. The normalized spacial score (nSPS) is 29.3. The fourth-order valence-corrected chi connectivity index (χ4v) is 7.63. The van der Waals surface area contributed by atoms with E-state index in [0.717, 1.165) is 36.7 Å². The number of fused-ring (bicyclic) bond motifs is 1. The van der Waals surface area contributed by atoms with Crippen molar-refractivity contribution in [2.75, 3.05) is 33.8 Å². The summed E-state index contributed by atoms with van der Waals surface area (Å²) >= 11 is 1.42. The van der Waals surface area contributed by atoms with Crippen LogP contribution >= 0.6 is 11.3 Å². The van der Waals surface area contributed by atoms with Gasteiger partial charge in [-0.15, -0.1) is 11.3 Å². The van der Waals surface area contributed by atoms with Crippen LogP contribution in [-0.4, -0.2) is 75.1 Å². The van der Waals surface area contributed by atoms with Gasteiger partial charge in [0.1, 0.15) is 4.21 Å². The van der Waals surface area contributed by atoms with E-state index < -0.39 is 10.0 Å². The highest BCUT2D eigenvalue weighted by Crippen LogP contribution is 2.42. The lowest BCUT2D eigenvalue weighted by atomic mass is 9.77. The monoisotopic (exact) mass is 458 g/mol. The summed E-state index contributed by atoms with van der Waals surface area (Å²) in [4.78, 5) is 11.8. The molecule has 0 bridgehead atoms. The molecule has 3 aliphatic rings. The lowest BCUT2D eigenvalue weighted by Gasteiger charge is -2.41. The lowest BCUT2D eigenvalue weighted by Crippen LogP contribution is -2.48. The van der Waals surface area contributed by atoms with Crippen LogP contribution in [0.1, 0.15) is 37.5 Å². The summed E-state index contributed by atoms with van der Waals surface area (Å²) in [6.07, 6.45) is 5.74. The average molecular weight is 459 g/mol. The Morgan fingerprint density at radius 3 is 2.40 bits per heavy atom. The highest BCUT2D eigenvalue weighted by Gasteiger charge is 2.47. The molecule has 170 valence electrons. The first-order valence-corrected chi connectivity index (χ1v) is 13.0. The van der Waals surface area contributed by atoms with Gasteiger partial charge in [0.25, 0.3) is 16.5 Å². The second kappa shape index (κ2) is 10.1. The van der Waals surface area contributed by atoms with Crippen LogP contribution in [-0.2, 0) is 26.0 Å². The van der Waals surface area contributed by atoms with E-state index in [4.69, 9.17) is 14.6 Å². The molecule has 0 unspecified atom stereocenters. The Balaban J connectivity index is 0.000000806. The number of sulfonamides is 1. The summed E-state index contributed by atoms with van der Waals surface area (Å²) in [7, 11) is 0.890. The molecule has 1 N–H and O–H groups in total. The molecular weight excluding hydrogens is 424 g/mol. The second-order valence-corrected chi connectivity index (χ2v) is 12.2. The maximum atomic E-state index is 13.1. The molecule has 2 saturated carbocycles. The molecule has 0 amide bonds. The van der Waals surface area contributed by atoms with Crippen LogP contribution < -0.4 is 0 Å². The maximum Gasteiger partial charge on any atom is 0.290 e. The molecule has 1 aromatic rings. The van der Waals surface area contributed by atoms with Gasteiger partial charge in [0.2, 0.25) is 0 Å². The summed E-state index contributed by atoms with van der Waals surface area (Å²) < 4.78 is 34.8. The van der Waals surface area contributed by atoms with Gasteiger partial charge >= 0.3 is 0 Å². The zero-order chi connectivity index (χ0) is 21.9. The van der Waals surface area contributed by atoms with Crippen LogP contribution in [0, 0.1) is 17.8 Å². The average Bonchev–Trinajstić information content (AvgIpc) is 3.23. The van der Waals surface area contributed by atoms with Gasteiger partial charge in [-0.25, -0.2) is 8.42 Å². The standard InChI is InChI=1S/C20H32N2O3S2.CH2O2/c1-4-17-7-8-20(26-17)27(23,24)22-11-15-9-18(21(2)3)19(10-16(15)12-22)25-13-14-5-6-14;2-1-3/h7-8,14-16,18-19H,4-6,9-13H2,1-3H3;1H,(H,2,3)/t15-,16+,18-,19-;/m1./s1. The summed E-state index contributed by atoms with van der Waals surface area (Å²) in [5, 5.41) is 6.89. The van der Waals surface area contributed by atoms with Gasteiger partial charge < -0.3 is 14.7 Å². The number of thiophene rings is 1. The van der Waals surface area contributed by atoms with Crippen molar-refractivity contribution in [3.8, 4) is 0 Å². The zero-order valence-electron chi connectivity index (χ0n) is 18.1. The Morgan fingerprint density at radius 2 is 1.87 bits per heavy atom. The number of aryl methyl sites for hydroxylation is 1. The van der Waals surface area contributed by atoms with E-state index in [1.165, 1.54) is 24.2 Å². The molecule has 2 heterocycles. The molecular formula is C21H34N2O5S2. The van der Waals surface area contributed by atoms with Crippen LogP contribution in [0.2, 0.25) is 0 Å². The minimum atomic E-state index is -3.36. The summed E-state index contributed by atoms with van der Waals surface area (Å²) in [5.74, 6) is 1.63.